The Labute approximate surface area is 196 Å². The zero-order chi connectivity index (χ0) is 23.3. The lowest BCUT2D eigenvalue weighted by Crippen LogP contribution is -2.56. The molecule has 0 aromatic rings. The summed E-state index contributed by atoms with van der Waals surface area (Å²) in [5.41, 5.74) is 1.70. The lowest BCUT2D eigenvalue weighted by Gasteiger charge is -2.59. The van der Waals surface area contributed by atoms with Crippen LogP contribution in [0.5, 0.6) is 0 Å². The fourth-order valence-corrected chi connectivity index (χ4v) is 9.03. The van der Waals surface area contributed by atoms with Crippen LogP contribution in [0, 0.1) is 46.3 Å². The smallest absolute Gasteiger partial charge is 0.302 e. The molecule has 3 nitrogen and oxygen atoms in total. The van der Waals surface area contributed by atoms with Gasteiger partial charge >= 0.3 is 5.97 Å². The summed E-state index contributed by atoms with van der Waals surface area (Å²) in [5, 5.41) is 11.3. The Kier molecular flexibility index (Phi) is 6.90. The van der Waals surface area contributed by atoms with Gasteiger partial charge in [-0.2, -0.15) is 0 Å². The van der Waals surface area contributed by atoms with Crippen molar-refractivity contribution < 1.29 is 14.6 Å². The minimum atomic E-state index is -0.406. The van der Waals surface area contributed by atoms with Crippen LogP contribution in [0.25, 0.3) is 0 Å². The van der Waals surface area contributed by atoms with Gasteiger partial charge in [-0.3, -0.25) is 4.79 Å². The number of aliphatic hydroxyl groups excluding tert-OH is 1. The molecule has 4 rings (SSSR count). The highest BCUT2D eigenvalue weighted by Gasteiger charge is 2.61. The second kappa shape index (κ2) is 9.08. The van der Waals surface area contributed by atoms with E-state index in [-0.39, 0.29) is 17.5 Å². The topological polar surface area (TPSA) is 46.5 Å². The van der Waals surface area contributed by atoms with E-state index in [1.807, 2.05) is 0 Å². The van der Waals surface area contributed by atoms with Crippen molar-refractivity contribution in [2.75, 3.05) is 0 Å². The predicted molar refractivity (Wildman–Crippen MR) is 130 cm³/mol. The predicted octanol–water partition coefficient (Wildman–Crippen LogP) is 6.93. The fourth-order valence-electron chi connectivity index (χ4n) is 9.03. The van der Waals surface area contributed by atoms with Gasteiger partial charge in [0.15, 0.2) is 0 Å². The van der Waals surface area contributed by atoms with E-state index >= 15 is 0 Å². The number of carbonyl (C=O) groups excluding carboxylic acids is 1. The number of hydrogen-bond donors (Lipinski definition) is 1. The van der Waals surface area contributed by atoms with Gasteiger partial charge in [-0.25, -0.2) is 0 Å². The molecule has 0 heterocycles. The second-order valence-electron chi connectivity index (χ2n) is 12.8. The normalized spacial score (nSPS) is 44.3. The van der Waals surface area contributed by atoms with E-state index in [9.17, 15) is 9.90 Å². The maximum absolute atomic E-state index is 11.5. The number of esters is 1. The third-order valence-electron chi connectivity index (χ3n) is 10.7. The molecule has 0 aliphatic heterocycles. The Morgan fingerprint density at radius 2 is 1.91 bits per heavy atom. The van der Waals surface area contributed by atoms with E-state index in [2.05, 4.69) is 40.7 Å². The molecule has 0 amide bonds. The Hall–Kier alpha value is -0.830. The van der Waals surface area contributed by atoms with Crippen LogP contribution in [0.4, 0.5) is 0 Å². The van der Waals surface area contributed by atoms with Crippen LogP contribution in [0.3, 0.4) is 0 Å². The van der Waals surface area contributed by atoms with Crippen molar-refractivity contribution in [2.24, 2.45) is 46.3 Å². The summed E-state index contributed by atoms with van der Waals surface area (Å²) in [6, 6.07) is 0. The second-order valence-corrected chi connectivity index (χ2v) is 12.8. The van der Waals surface area contributed by atoms with E-state index < -0.39 is 6.10 Å². The Morgan fingerprint density at radius 1 is 1.16 bits per heavy atom. The monoisotopic (exact) mass is 444 g/mol. The molecule has 4 aliphatic rings. The van der Waals surface area contributed by atoms with Crippen molar-refractivity contribution >= 4 is 5.97 Å². The van der Waals surface area contributed by atoms with Crippen LogP contribution in [0.1, 0.15) is 106 Å². The van der Waals surface area contributed by atoms with Crippen molar-refractivity contribution in [3.05, 3.63) is 11.6 Å². The van der Waals surface area contributed by atoms with Crippen molar-refractivity contribution in [3.8, 4) is 0 Å². The quantitative estimate of drug-likeness (QED) is 0.357. The fraction of sp³-hybridized carbons (Fsp3) is 0.897. The van der Waals surface area contributed by atoms with Gasteiger partial charge in [-0.05, 0) is 73.0 Å². The van der Waals surface area contributed by atoms with Gasteiger partial charge in [-0.1, -0.05) is 65.5 Å². The number of allylic oxidation sites excluding steroid dienone is 1. The molecular formula is C29H48O3. The van der Waals surface area contributed by atoms with Crippen LogP contribution >= 0.6 is 0 Å². The average Bonchev–Trinajstić information content (AvgIpc) is 3.05. The molecule has 1 N–H and O–H groups in total. The summed E-state index contributed by atoms with van der Waals surface area (Å²) in [6.45, 7) is 13.7. The average molecular weight is 445 g/mol. The summed E-state index contributed by atoms with van der Waals surface area (Å²) in [6.07, 6.45) is 13.9. The van der Waals surface area contributed by atoms with Gasteiger partial charge in [0.05, 0.1) is 6.10 Å². The summed E-state index contributed by atoms with van der Waals surface area (Å²) >= 11 is 0. The van der Waals surface area contributed by atoms with E-state index in [4.69, 9.17) is 4.74 Å². The summed E-state index contributed by atoms with van der Waals surface area (Å²) in [5.74, 6) is 4.36. The molecule has 0 aromatic heterocycles. The lowest BCUT2D eigenvalue weighted by atomic mass is 9.46. The summed E-state index contributed by atoms with van der Waals surface area (Å²) < 4.78 is 5.52. The van der Waals surface area contributed by atoms with Gasteiger partial charge in [0.1, 0.15) is 6.10 Å². The highest BCUT2D eigenvalue weighted by molar-refractivity contribution is 5.66. The summed E-state index contributed by atoms with van der Waals surface area (Å²) in [7, 11) is 0. The number of hydrogen-bond acceptors (Lipinski definition) is 3. The molecule has 9 atom stereocenters. The van der Waals surface area contributed by atoms with Crippen molar-refractivity contribution in [1.82, 2.24) is 0 Å². The maximum atomic E-state index is 11.5. The molecule has 3 heteroatoms. The first-order chi connectivity index (χ1) is 15.1. The first-order valence-electron chi connectivity index (χ1n) is 13.6. The van der Waals surface area contributed by atoms with E-state index in [0.29, 0.717) is 23.7 Å². The number of ether oxygens (including phenoxy) is 1. The molecule has 0 bridgehead atoms. The van der Waals surface area contributed by atoms with Gasteiger partial charge in [0.2, 0.25) is 0 Å². The minimum Gasteiger partial charge on any atom is -0.462 e. The number of fused-ring (bicyclic) bond motifs is 5. The van der Waals surface area contributed by atoms with Gasteiger partial charge in [0, 0.05) is 25.2 Å². The number of aliphatic hydroxyl groups is 1. The van der Waals surface area contributed by atoms with Crippen LogP contribution in [-0.2, 0) is 9.53 Å². The van der Waals surface area contributed by atoms with Crippen LogP contribution < -0.4 is 0 Å². The van der Waals surface area contributed by atoms with Gasteiger partial charge in [0.25, 0.3) is 0 Å². The Balaban J connectivity index is 1.50. The van der Waals surface area contributed by atoms with Crippen molar-refractivity contribution in [3.63, 3.8) is 0 Å². The molecule has 0 radical (unpaired) electrons. The molecule has 4 aliphatic carbocycles. The SMILES string of the molecule is CC(=O)OC1CC2=CC[C@H]3[C@@H]4CC[C@H]([C@H](C)CCCC(C)C)[C@@]4(C)CC[C@@H]3[C@@]2(C)[C@@H](O)C1. The Morgan fingerprint density at radius 3 is 2.59 bits per heavy atom. The highest BCUT2D eigenvalue weighted by atomic mass is 16.5. The van der Waals surface area contributed by atoms with E-state index in [1.165, 1.54) is 57.4 Å². The number of rotatable bonds is 6. The zero-order valence-electron chi connectivity index (χ0n) is 21.5. The first kappa shape index (κ1) is 24.3. The third-order valence-corrected chi connectivity index (χ3v) is 10.7. The highest BCUT2D eigenvalue weighted by Crippen LogP contribution is 2.67. The third kappa shape index (κ3) is 4.10. The van der Waals surface area contributed by atoms with Gasteiger partial charge in [-0.15, -0.1) is 0 Å². The van der Waals surface area contributed by atoms with Crippen molar-refractivity contribution in [1.29, 1.82) is 0 Å². The standard InChI is InChI=1S/C29H48O3/c1-18(2)8-7-9-19(3)24-12-13-25-23-11-10-21-16-22(32-20(4)30)17-27(31)29(21,6)26(23)14-15-28(24,25)5/h10,18-19,22-27,31H,7-9,11-17H2,1-6H3/t19-,22?,23+,24-,25+,26+,27+,28-,29+/m1/s1. The summed E-state index contributed by atoms with van der Waals surface area (Å²) in [4.78, 5) is 11.5. The van der Waals surface area contributed by atoms with Crippen LogP contribution in [0.15, 0.2) is 11.6 Å². The molecule has 1 unspecified atom stereocenters. The van der Waals surface area contributed by atoms with Crippen molar-refractivity contribution in [2.45, 2.75) is 118 Å². The number of carbonyl (C=O) groups is 1. The van der Waals surface area contributed by atoms with E-state index in [0.717, 1.165) is 36.5 Å². The molecule has 3 saturated carbocycles. The molecular weight excluding hydrogens is 396 g/mol. The maximum Gasteiger partial charge on any atom is 0.302 e. The molecule has 0 spiro atoms. The lowest BCUT2D eigenvalue weighted by molar-refractivity contribution is -0.154. The van der Waals surface area contributed by atoms with E-state index in [1.54, 1.807) is 0 Å². The Bertz CT molecular complexity index is 726. The molecule has 3 fully saturated rings. The molecule has 0 aromatic carbocycles. The molecule has 0 saturated heterocycles. The first-order valence-corrected chi connectivity index (χ1v) is 13.6. The van der Waals surface area contributed by atoms with Gasteiger partial charge < -0.3 is 9.84 Å². The molecule has 32 heavy (non-hydrogen) atoms. The largest absolute Gasteiger partial charge is 0.462 e. The zero-order valence-corrected chi connectivity index (χ0v) is 21.5. The van der Waals surface area contributed by atoms with Crippen LogP contribution in [0.2, 0.25) is 0 Å². The minimum absolute atomic E-state index is 0.137. The van der Waals surface area contributed by atoms with Crippen LogP contribution in [-0.4, -0.2) is 23.3 Å². The molecule has 182 valence electrons.